The number of halogens is 2. The van der Waals surface area contributed by atoms with Crippen LogP contribution in [-0.2, 0) is 0 Å². The molecular weight excluding hydrogens is 331 g/mol. The molecule has 0 spiro atoms. The number of hydrogen-bond donors (Lipinski definition) is 0. The van der Waals surface area contributed by atoms with Crippen molar-refractivity contribution in [1.29, 1.82) is 0 Å². The molecule has 0 saturated carbocycles. The molecular formula is C17H14ClFN4O. The zero-order valence-corrected chi connectivity index (χ0v) is 13.8. The Balaban J connectivity index is 1.94. The van der Waals surface area contributed by atoms with Gasteiger partial charge in [0.05, 0.1) is 16.4 Å². The number of benzene rings is 2. The average Bonchev–Trinajstić information content (AvgIpc) is 2.96. The minimum Gasteiger partial charge on any atom is -0.310 e. The van der Waals surface area contributed by atoms with Gasteiger partial charge in [-0.05, 0) is 43.3 Å². The van der Waals surface area contributed by atoms with Crippen LogP contribution in [0.15, 0.2) is 48.5 Å². The summed E-state index contributed by atoms with van der Waals surface area (Å²) in [4.78, 5) is 14.1. The molecule has 0 fully saturated rings. The van der Waals surface area contributed by atoms with Crippen molar-refractivity contribution in [3.05, 3.63) is 70.8 Å². The van der Waals surface area contributed by atoms with Crippen molar-refractivity contribution >= 4 is 23.2 Å². The van der Waals surface area contributed by atoms with Crippen LogP contribution in [0.25, 0.3) is 5.69 Å². The first-order valence-electron chi connectivity index (χ1n) is 7.20. The van der Waals surface area contributed by atoms with Crippen LogP contribution in [-0.4, -0.2) is 27.9 Å². The molecule has 1 heterocycles. The number of carbonyl (C=O) groups is 1. The molecule has 2 aromatic carbocycles. The lowest BCUT2D eigenvalue weighted by atomic mass is 10.2. The summed E-state index contributed by atoms with van der Waals surface area (Å²) in [5, 5.41) is 8.53. The van der Waals surface area contributed by atoms with Crippen molar-refractivity contribution in [3.8, 4) is 5.69 Å². The summed E-state index contributed by atoms with van der Waals surface area (Å²) < 4.78 is 14.5. The largest absolute Gasteiger partial charge is 0.310 e. The molecule has 7 heteroatoms. The molecule has 1 aromatic heterocycles. The number of anilines is 1. The molecule has 0 aliphatic rings. The molecule has 24 heavy (non-hydrogen) atoms. The summed E-state index contributed by atoms with van der Waals surface area (Å²) in [6.45, 7) is 1.75. The second-order valence-electron chi connectivity index (χ2n) is 5.23. The molecule has 0 bridgehead atoms. The van der Waals surface area contributed by atoms with Gasteiger partial charge < -0.3 is 4.90 Å². The number of aromatic nitrogens is 3. The highest BCUT2D eigenvalue weighted by molar-refractivity contribution is 6.32. The number of carbonyl (C=O) groups excluding carboxylic acids is 1. The van der Waals surface area contributed by atoms with Crippen molar-refractivity contribution in [1.82, 2.24) is 15.0 Å². The monoisotopic (exact) mass is 344 g/mol. The van der Waals surface area contributed by atoms with E-state index in [4.69, 9.17) is 11.6 Å². The maximum absolute atomic E-state index is 13.0. The van der Waals surface area contributed by atoms with Crippen molar-refractivity contribution < 1.29 is 9.18 Å². The van der Waals surface area contributed by atoms with Gasteiger partial charge >= 0.3 is 0 Å². The van der Waals surface area contributed by atoms with E-state index >= 15 is 0 Å². The Bertz CT molecular complexity index is 892. The van der Waals surface area contributed by atoms with Crippen LogP contribution in [0.5, 0.6) is 0 Å². The molecule has 1 amide bonds. The van der Waals surface area contributed by atoms with E-state index in [0.717, 1.165) is 0 Å². The lowest BCUT2D eigenvalue weighted by Gasteiger charge is -2.16. The van der Waals surface area contributed by atoms with Crippen LogP contribution >= 0.6 is 11.6 Å². The van der Waals surface area contributed by atoms with Gasteiger partial charge in [0.25, 0.3) is 5.91 Å². The smallest absolute Gasteiger partial charge is 0.280 e. The normalized spacial score (nSPS) is 10.7. The molecule has 0 N–H and O–H groups in total. The Morgan fingerprint density at radius 1 is 1.17 bits per heavy atom. The molecule has 122 valence electrons. The van der Waals surface area contributed by atoms with E-state index in [-0.39, 0.29) is 17.4 Å². The minimum atomic E-state index is -0.361. The third-order valence-corrected chi connectivity index (χ3v) is 4.02. The lowest BCUT2D eigenvalue weighted by Crippen LogP contribution is -2.27. The highest BCUT2D eigenvalue weighted by atomic mass is 35.5. The Kier molecular flexibility index (Phi) is 4.31. The van der Waals surface area contributed by atoms with E-state index in [2.05, 4.69) is 10.3 Å². The van der Waals surface area contributed by atoms with E-state index in [1.54, 1.807) is 26.1 Å². The highest BCUT2D eigenvalue weighted by Gasteiger charge is 2.22. The van der Waals surface area contributed by atoms with Crippen molar-refractivity contribution in [2.45, 2.75) is 6.92 Å². The predicted molar refractivity (Wildman–Crippen MR) is 90.2 cm³/mol. The van der Waals surface area contributed by atoms with Crippen LogP contribution in [0.3, 0.4) is 0 Å². The van der Waals surface area contributed by atoms with E-state index in [9.17, 15) is 9.18 Å². The summed E-state index contributed by atoms with van der Waals surface area (Å²) in [6.07, 6.45) is 0. The number of nitrogens with zero attached hydrogens (tertiary/aromatic N) is 4. The molecule has 3 aromatic rings. The quantitative estimate of drug-likeness (QED) is 0.728. The highest BCUT2D eigenvalue weighted by Crippen LogP contribution is 2.22. The van der Waals surface area contributed by atoms with Crippen molar-refractivity contribution in [2.75, 3.05) is 11.9 Å². The van der Waals surface area contributed by atoms with Crippen LogP contribution < -0.4 is 4.90 Å². The fourth-order valence-corrected chi connectivity index (χ4v) is 2.54. The average molecular weight is 345 g/mol. The Morgan fingerprint density at radius 2 is 1.83 bits per heavy atom. The fraction of sp³-hybridized carbons (Fsp3) is 0.118. The van der Waals surface area contributed by atoms with Gasteiger partial charge in [0, 0.05) is 12.7 Å². The third-order valence-electron chi connectivity index (χ3n) is 3.70. The summed E-state index contributed by atoms with van der Waals surface area (Å²) in [5.74, 6) is -0.696. The Morgan fingerprint density at radius 3 is 2.50 bits per heavy atom. The second-order valence-corrected chi connectivity index (χ2v) is 5.63. The van der Waals surface area contributed by atoms with Gasteiger partial charge in [-0.2, -0.15) is 0 Å². The van der Waals surface area contributed by atoms with Crippen LogP contribution in [0, 0.1) is 12.7 Å². The number of hydrogen-bond acceptors (Lipinski definition) is 3. The second kappa shape index (κ2) is 6.41. The standard InChI is InChI=1S/C17H14ClFN4O/c1-11-16(17(24)22(2)13-9-7-12(19)8-10-13)20-21-23(11)15-6-4-3-5-14(15)18/h3-10H,1-2H3. The summed E-state index contributed by atoms with van der Waals surface area (Å²) in [7, 11) is 1.60. The molecule has 3 rings (SSSR count). The Hall–Kier alpha value is -2.73. The van der Waals surface area contributed by atoms with Gasteiger partial charge in [-0.25, -0.2) is 9.07 Å². The van der Waals surface area contributed by atoms with Crippen molar-refractivity contribution in [2.24, 2.45) is 0 Å². The number of amides is 1. The zero-order valence-electron chi connectivity index (χ0n) is 13.1. The van der Waals surface area contributed by atoms with Gasteiger partial charge in [0.1, 0.15) is 5.82 Å². The van der Waals surface area contributed by atoms with E-state index < -0.39 is 0 Å². The van der Waals surface area contributed by atoms with Gasteiger partial charge in [0.15, 0.2) is 5.69 Å². The van der Waals surface area contributed by atoms with Crippen LogP contribution in [0.4, 0.5) is 10.1 Å². The van der Waals surface area contributed by atoms with Gasteiger partial charge in [-0.15, -0.1) is 5.10 Å². The molecule has 0 aliphatic carbocycles. The number of rotatable bonds is 3. The minimum absolute atomic E-state index is 0.210. The lowest BCUT2D eigenvalue weighted by molar-refractivity contribution is 0.0987. The zero-order chi connectivity index (χ0) is 17.3. The molecule has 0 aliphatic heterocycles. The summed E-state index contributed by atoms with van der Waals surface area (Å²) in [5.41, 5.74) is 1.99. The van der Waals surface area contributed by atoms with Gasteiger partial charge in [-0.1, -0.05) is 28.9 Å². The fourth-order valence-electron chi connectivity index (χ4n) is 2.32. The topological polar surface area (TPSA) is 51.0 Å². The van der Waals surface area contributed by atoms with E-state index in [1.165, 1.54) is 33.8 Å². The molecule has 5 nitrogen and oxygen atoms in total. The first-order valence-corrected chi connectivity index (χ1v) is 7.57. The van der Waals surface area contributed by atoms with Crippen LogP contribution in [0.1, 0.15) is 16.2 Å². The first-order chi connectivity index (χ1) is 11.5. The van der Waals surface area contributed by atoms with Crippen LogP contribution in [0.2, 0.25) is 5.02 Å². The summed E-state index contributed by atoms with van der Waals surface area (Å²) >= 11 is 6.17. The molecule has 0 radical (unpaired) electrons. The maximum atomic E-state index is 13.0. The summed E-state index contributed by atoms with van der Waals surface area (Å²) in [6, 6.07) is 12.8. The maximum Gasteiger partial charge on any atom is 0.280 e. The third kappa shape index (κ3) is 2.88. The molecule has 0 atom stereocenters. The molecule has 0 unspecified atom stereocenters. The van der Waals surface area contributed by atoms with Crippen molar-refractivity contribution in [3.63, 3.8) is 0 Å². The predicted octanol–water partition coefficient (Wildman–Crippen LogP) is 3.64. The van der Waals surface area contributed by atoms with E-state index in [0.29, 0.717) is 22.1 Å². The number of para-hydroxylation sites is 1. The SMILES string of the molecule is Cc1c(C(=O)N(C)c2ccc(F)cc2)nnn1-c1ccccc1Cl. The van der Waals surface area contributed by atoms with E-state index in [1.807, 2.05) is 12.1 Å². The molecule has 0 saturated heterocycles. The first kappa shape index (κ1) is 16.1. The van der Waals surface area contributed by atoms with Gasteiger partial charge in [0.2, 0.25) is 0 Å². The van der Waals surface area contributed by atoms with Gasteiger partial charge in [-0.3, -0.25) is 4.79 Å². The Labute approximate surface area is 143 Å².